The lowest BCUT2D eigenvalue weighted by Gasteiger charge is -2.26. The van der Waals surface area contributed by atoms with Crippen molar-refractivity contribution in [3.63, 3.8) is 0 Å². The van der Waals surface area contributed by atoms with Crippen LogP contribution in [-0.2, 0) is 24.9 Å². The zero-order valence-corrected chi connectivity index (χ0v) is 15.4. The first-order chi connectivity index (χ1) is 12.7. The summed E-state index contributed by atoms with van der Waals surface area (Å²) in [5.41, 5.74) is 4.86. The van der Waals surface area contributed by atoms with Crippen LogP contribution in [0.3, 0.4) is 0 Å². The molecule has 2 aromatic heterocycles. The van der Waals surface area contributed by atoms with Gasteiger partial charge >= 0.3 is 0 Å². The Morgan fingerprint density at radius 1 is 1.38 bits per heavy atom. The molecule has 0 N–H and O–H groups in total. The molecule has 0 saturated heterocycles. The van der Waals surface area contributed by atoms with Crippen molar-refractivity contribution in [2.75, 3.05) is 6.61 Å². The van der Waals surface area contributed by atoms with Crippen LogP contribution in [0.5, 0.6) is 0 Å². The van der Waals surface area contributed by atoms with Gasteiger partial charge in [0.1, 0.15) is 12.4 Å². The predicted molar refractivity (Wildman–Crippen MR) is 104 cm³/mol. The Labute approximate surface area is 153 Å². The fraction of sp³-hybridized carbons (Fsp3) is 0.333. The normalized spacial score (nSPS) is 18.2. The SMILES string of the molecule is C=CCON=C1c2c(n(C)c3ccccc23)CCC1Cn1ccnc1C. The zero-order chi connectivity index (χ0) is 18.1. The maximum atomic E-state index is 5.55. The molecular weight excluding hydrogens is 324 g/mol. The molecule has 5 heteroatoms. The summed E-state index contributed by atoms with van der Waals surface area (Å²) in [4.78, 5) is 9.91. The Bertz CT molecular complexity index is 979. The Hall–Kier alpha value is -2.82. The summed E-state index contributed by atoms with van der Waals surface area (Å²) >= 11 is 0. The first-order valence-corrected chi connectivity index (χ1v) is 9.06. The van der Waals surface area contributed by atoms with E-state index in [0.29, 0.717) is 12.5 Å². The first-order valence-electron chi connectivity index (χ1n) is 9.06. The largest absolute Gasteiger partial charge is 0.391 e. The van der Waals surface area contributed by atoms with Gasteiger partial charge in [-0.25, -0.2) is 4.98 Å². The highest BCUT2D eigenvalue weighted by atomic mass is 16.6. The molecule has 0 aliphatic heterocycles. The van der Waals surface area contributed by atoms with E-state index in [1.807, 2.05) is 19.3 Å². The van der Waals surface area contributed by atoms with E-state index in [2.05, 4.69) is 57.2 Å². The second-order valence-corrected chi connectivity index (χ2v) is 6.82. The van der Waals surface area contributed by atoms with Gasteiger partial charge in [-0.05, 0) is 25.8 Å². The molecule has 5 nitrogen and oxygen atoms in total. The smallest absolute Gasteiger partial charge is 0.135 e. The van der Waals surface area contributed by atoms with Crippen molar-refractivity contribution in [3.8, 4) is 0 Å². The van der Waals surface area contributed by atoms with E-state index in [0.717, 1.165) is 30.9 Å². The molecule has 1 aliphatic carbocycles. The quantitative estimate of drug-likeness (QED) is 0.399. The second kappa shape index (κ2) is 6.83. The Kier molecular flexibility index (Phi) is 4.37. The lowest BCUT2D eigenvalue weighted by Crippen LogP contribution is -2.28. The van der Waals surface area contributed by atoms with Crippen molar-refractivity contribution < 1.29 is 4.84 Å². The number of fused-ring (bicyclic) bond motifs is 3. The molecule has 1 unspecified atom stereocenters. The maximum absolute atomic E-state index is 5.55. The number of nitrogens with zero attached hydrogens (tertiary/aromatic N) is 4. The van der Waals surface area contributed by atoms with Gasteiger partial charge in [-0.3, -0.25) is 0 Å². The van der Waals surface area contributed by atoms with Crippen molar-refractivity contribution >= 4 is 16.6 Å². The van der Waals surface area contributed by atoms with E-state index >= 15 is 0 Å². The molecule has 2 heterocycles. The molecule has 0 amide bonds. The van der Waals surface area contributed by atoms with Gasteiger partial charge in [0.25, 0.3) is 0 Å². The minimum Gasteiger partial charge on any atom is -0.391 e. The van der Waals surface area contributed by atoms with Crippen molar-refractivity contribution in [1.29, 1.82) is 0 Å². The maximum Gasteiger partial charge on any atom is 0.135 e. The van der Waals surface area contributed by atoms with Crippen LogP contribution in [0.15, 0.2) is 54.5 Å². The van der Waals surface area contributed by atoms with E-state index in [9.17, 15) is 0 Å². The van der Waals surface area contributed by atoms with Crippen LogP contribution in [0.25, 0.3) is 10.9 Å². The third kappa shape index (κ3) is 2.73. The molecule has 26 heavy (non-hydrogen) atoms. The molecule has 0 bridgehead atoms. The van der Waals surface area contributed by atoms with Gasteiger partial charge in [0, 0.05) is 54.1 Å². The van der Waals surface area contributed by atoms with Gasteiger partial charge < -0.3 is 14.0 Å². The van der Waals surface area contributed by atoms with E-state index in [1.54, 1.807) is 6.08 Å². The number of imidazole rings is 1. The summed E-state index contributed by atoms with van der Waals surface area (Å²) in [6.45, 7) is 7.04. The molecule has 4 rings (SSSR count). The zero-order valence-electron chi connectivity index (χ0n) is 15.4. The Morgan fingerprint density at radius 2 is 2.23 bits per heavy atom. The van der Waals surface area contributed by atoms with Crippen molar-refractivity contribution in [1.82, 2.24) is 14.1 Å². The van der Waals surface area contributed by atoms with E-state index < -0.39 is 0 Å². The van der Waals surface area contributed by atoms with Crippen LogP contribution in [-0.4, -0.2) is 26.4 Å². The topological polar surface area (TPSA) is 44.3 Å². The number of benzene rings is 1. The number of aromatic nitrogens is 3. The van der Waals surface area contributed by atoms with Crippen molar-refractivity contribution in [2.45, 2.75) is 26.3 Å². The molecule has 134 valence electrons. The Morgan fingerprint density at radius 3 is 3.00 bits per heavy atom. The highest BCUT2D eigenvalue weighted by Crippen LogP contribution is 2.35. The Balaban J connectivity index is 1.81. The molecule has 3 aromatic rings. The average Bonchev–Trinajstić information content (AvgIpc) is 3.19. The summed E-state index contributed by atoms with van der Waals surface area (Å²) in [6.07, 6.45) is 7.71. The summed E-state index contributed by atoms with van der Waals surface area (Å²) in [6, 6.07) is 8.53. The van der Waals surface area contributed by atoms with Gasteiger partial charge in [-0.2, -0.15) is 0 Å². The van der Waals surface area contributed by atoms with E-state index in [1.165, 1.54) is 22.2 Å². The van der Waals surface area contributed by atoms with Crippen LogP contribution in [0.1, 0.15) is 23.5 Å². The summed E-state index contributed by atoms with van der Waals surface area (Å²) in [5.74, 6) is 1.33. The van der Waals surface area contributed by atoms with Crippen molar-refractivity contribution in [2.24, 2.45) is 18.1 Å². The monoisotopic (exact) mass is 348 g/mol. The lowest BCUT2D eigenvalue weighted by atomic mass is 9.84. The van der Waals surface area contributed by atoms with Gasteiger partial charge in [0.15, 0.2) is 0 Å². The number of aryl methyl sites for hydroxylation is 2. The molecular formula is C21H24N4O. The number of rotatable bonds is 5. The molecule has 1 atom stereocenters. The lowest BCUT2D eigenvalue weighted by molar-refractivity contribution is 0.172. The van der Waals surface area contributed by atoms with E-state index in [4.69, 9.17) is 4.84 Å². The second-order valence-electron chi connectivity index (χ2n) is 6.82. The molecule has 1 aromatic carbocycles. The summed E-state index contributed by atoms with van der Waals surface area (Å²) < 4.78 is 4.50. The highest BCUT2D eigenvalue weighted by Gasteiger charge is 2.31. The van der Waals surface area contributed by atoms with Gasteiger partial charge in [-0.15, -0.1) is 0 Å². The minimum absolute atomic E-state index is 0.297. The van der Waals surface area contributed by atoms with Gasteiger partial charge in [-0.1, -0.05) is 36.0 Å². The van der Waals surface area contributed by atoms with Crippen molar-refractivity contribution in [3.05, 3.63) is 66.4 Å². The van der Waals surface area contributed by atoms with Crippen LogP contribution in [0.4, 0.5) is 0 Å². The van der Waals surface area contributed by atoms with Crippen LogP contribution >= 0.6 is 0 Å². The summed E-state index contributed by atoms with van der Waals surface area (Å²) in [5, 5.41) is 5.82. The first kappa shape index (κ1) is 16.6. The van der Waals surface area contributed by atoms with E-state index in [-0.39, 0.29) is 0 Å². The van der Waals surface area contributed by atoms with Crippen LogP contribution < -0.4 is 0 Å². The third-order valence-corrected chi connectivity index (χ3v) is 5.30. The highest BCUT2D eigenvalue weighted by molar-refractivity contribution is 6.13. The molecule has 1 aliphatic rings. The number of hydrogen-bond donors (Lipinski definition) is 0. The molecule has 0 radical (unpaired) electrons. The van der Waals surface area contributed by atoms with Crippen LogP contribution in [0.2, 0.25) is 0 Å². The average molecular weight is 348 g/mol. The van der Waals surface area contributed by atoms with Crippen LogP contribution in [0, 0.1) is 12.8 Å². The number of oxime groups is 1. The third-order valence-electron chi connectivity index (χ3n) is 5.30. The molecule has 0 saturated carbocycles. The number of hydrogen-bond acceptors (Lipinski definition) is 3. The summed E-state index contributed by atoms with van der Waals surface area (Å²) in [7, 11) is 2.14. The molecule has 0 fully saturated rings. The fourth-order valence-electron chi connectivity index (χ4n) is 3.97. The fourth-order valence-corrected chi connectivity index (χ4v) is 3.97. The number of para-hydroxylation sites is 1. The van der Waals surface area contributed by atoms with Gasteiger partial charge in [0.05, 0.1) is 5.71 Å². The molecule has 0 spiro atoms. The standard InChI is InChI=1S/C21H24N4O/c1-4-13-26-23-21-16(14-25-12-11-22-15(25)2)9-10-19-20(21)17-7-5-6-8-18(17)24(19)3/h4-8,11-12,16H,1,9-10,13-14H2,2-3H3. The minimum atomic E-state index is 0.297. The van der Waals surface area contributed by atoms with Gasteiger partial charge in [0.2, 0.25) is 0 Å². The predicted octanol–water partition coefficient (Wildman–Crippen LogP) is 3.85.